The summed E-state index contributed by atoms with van der Waals surface area (Å²) in [6.45, 7) is 0. The van der Waals surface area contributed by atoms with Gasteiger partial charge in [-0.2, -0.15) is 0 Å². The van der Waals surface area contributed by atoms with Crippen LogP contribution >= 0.6 is 34.2 Å². The van der Waals surface area contributed by atoms with Crippen LogP contribution in [0.4, 0.5) is 14.5 Å². The molecule has 0 fully saturated rings. The number of carbonyl (C=O) groups excluding carboxylic acids is 1. The van der Waals surface area contributed by atoms with E-state index >= 15 is 0 Å². The van der Waals surface area contributed by atoms with E-state index in [2.05, 4.69) is 5.32 Å². The first kappa shape index (κ1) is 14.2. The van der Waals surface area contributed by atoms with E-state index in [0.717, 1.165) is 6.07 Å². The molecule has 2 nitrogen and oxygen atoms in total. The Kier molecular flexibility index (Phi) is 4.36. The number of nitrogens with one attached hydrogen (secondary N) is 1. The van der Waals surface area contributed by atoms with Crippen molar-refractivity contribution in [3.8, 4) is 0 Å². The summed E-state index contributed by atoms with van der Waals surface area (Å²) in [5.41, 5.74) is 0.601. The summed E-state index contributed by atoms with van der Waals surface area (Å²) in [6.07, 6.45) is 0. The van der Waals surface area contributed by atoms with E-state index in [9.17, 15) is 13.6 Å². The van der Waals surface area contributed by atoms with E-state index in [-0.39, 0.29) is 16.4 Å². The Balaban J connectivity index is 2.23. The van der Waals surface area contributed by atoms with Crippen molar-refractivity contribution in [2.75, 3.05) is 5.32 Å². The van der Waals surface area contributed by atoms with Crippen LogP contribution in [0.1, 0.15) is 10.4 Å². The summed E-state index contributed by atoms with van der Waals surface area (Å²) in [5.74, 6) is -1.54. The molecule has 19 heavy (non-hydrogen) atoms. The van der Waals surface area contributed by atoms with Crippen molar-refractivity contribution >= 4 is 45.8 Å². The third kappa shape index (κ3) is 3.42. The van der Waals surface area contributed by atoms with Gasteiger partial charge in [-0.1, -0.05) is 11.6 Å². The van der Waals surface area contributed by atoms with E-state index in [1.165, 1.54) is 30.3 Å². The van der Waals surface area contributed by atoms with Gasteiger partial charge in [0.05, 0.1) is 10.7 Å². The SMILES string of the molecule is O=C(Nc1ccc(F)cc1I)c1ccc(Cl)c(F)c1. The number of amides is 1. The second kappa shape index (κ2) is 5.83. The Labute approximate surface area is 126 Å². The molecule has 1 amide bonds. The molecule has 0 aliphatic heterocycles. The van der Waals surface area contributed by atoms with Crippen molar-refractivity contribution in [3.05, 3.63) is 62.2 Å². The highest BCUT2D eigenvalue weighted by Crippen LogP contribution is 2.21. The Hall–Kier alpha value is -1.21. The molecule has 0 radical (unpaired) electrons. The molecule has 0 aliphatic carbocycles. The van der Waals surface area contributed by atoms with Crippen LogP contribution in [-0.4, -0.2) is 5.91 Å². The van der Waals surface area contributed by atoms with Crippen LogP contribution in [0.25, 0.3) is 0 Å². The van der Waals surface area contributed by atoms with Crippen molar-refractivity contribution in [2.24, 2.45) is 0 Å². The average molecular weight is 394 g/mol. The minimum absolute atomic E-state index is 0.0482. The fourth-order valence-electron chi connectivity index (χ4n) is 1.42. The molecule has 98 valence electrons. The molecule has 0 bridgehead atoms. The third-order valence-corrected chi connectivity index (χ3v) is 3.56. The molecule has 0 aromatic heterocycles. The number of rotatable bonds is 2. The summed E-state index contributed by atoms with van der Waals surface area (Å²) in [7, 11) is 0. The third-order valence-electron chi connectivity index (χ3n) is 2.36. The van der Waals surface area contributed by atoms with Gasteiger partial charge in [0.1, 0.15) is 11.6 Å². The van der Waals surface area contributed by atoms with Crippen LogP contribution in [0.3, 0.4) is 0 Å². The first-order chi connectivity index (χ1) is 8.97. The molecule has 0 heterocycles. The summed E-state index contributed by atoms with van der Waals surface area (Å²) in [4.78, 5) is 11.9. The van der Waals surface area contributed by atoms with Crippen LogP contribution in [0.15, 0.2) is 36.4 Å². The van der Waals surface area contributed by atoms with Gasteiger partial charge in [0.2, 0.25) is 0 Å². The molecular weight excluding hydrogens is 387 g/mol. The Morgan fingerprint density at radius 3 is 2.53 bits per heavy atom. The summed E-state index contributed by atoms with van der Waals surface area (Å²) >= 11 is 7.44. The number of halogens is 4. The zero-order valence-electron chi connectivity index (χ0n) is 9.38. The normalized spacial score (nSPS) is 10.3. The molecule has 0 saturated heterocycles. The summed E-state index contributed by atoms with van der Waals surface area (Å²) in [5, 5.41) is 2.53. The average Bonchev–Trinajstić information content (AvgIpc) is 2.36. The highest BCUT2D eigenvalue weighted by Gasteiger charge is 2.11. The molecule has 2 aromatic rings. The van der Waals surface area contributed by atoms with E-state index in [4.69, 9.17) is 11.6 Å². The largest absolute Gasteiger partial charge is 0.321 e. The van der Waals surface area contributed by atoms with Crippen molar-refractivity contribution in [2.45, 2.75) is 0 Å². The first-order valence-corrected chi connectivity index (χ1v) is 6.64. The van der Waals surface area contributed by atoms with Gasteiger partial charge in [-0.25, -0.2) is 8.78 Å². The first-order valence-electron chi connectivity index (χ1n) is 5.19. The molecule has 6 heteroatoms. The summed E-state index contributed by atoms with van der Waals surface area (Å²) in [6, 6.07) is 7.74. The lowest BCUT2D eigenvalue weighted by Gasteiger charge is -2.08. The molecule has 0 unspecified atom stereocenters. The van der Waals surface area contributed by atoms with Crippen molar-refractivity contribution < 1.29 is 13.6 Å². The smallest absolute Gasteiger partial charge is 0.255 e. The molecule has 0 atom stereocenters. The van der Waals surface area contributed by atoms with E-state index in [0.29, 0.717) is 9.26 Å². The minimum atomic E-state index is -0.664. The molecule has 2 rings (SSSR count). The fourth-order valence-corrected chi connectivity index (χ4v) is 2.15. The lowest BCUT2D eigenvalue weighted by molar-refractivity contribution is 0.102. The second-order valence-electron chi connectivity index (χ2n) is 3.71. The quantitative estimate of drug-likeness (QED) is 0.749. The van der Waals surface area contributed by atoms with Crippen LogP contribution in [-0.2, 0) is 0 Å². The maximum atomic E-state index is 13.2. The van der Waals surface area contributed by atoms with Crippen LogP contribution in [0.5, 0.6) is 0 Å². The van der Waals surface area contributed by atoms with Gasteiger partial charge in [-0.3, -0.25) is 4.79 Å². The Bertz CT molecular complexity index is 649. The molecule has 0 spiro atoms. The maximum absolute atomic E-state index is 13.2. The van der Waals surface area contributed by atoms with Crippen LogP contribution in [0.2, 0.25) is 5.02 Å². The van der Waals surface area contributed by atoms with E-state index in [1.54, 1.807) is 0 Å². The van der Waals surface area contributed by atoms with Crippen molar-refractivity contribution in [3.63, 3.8) is 0 Å². The molecule has 2 aromatic carbocycles. The minimum Gasteiger partial charge on any atom is -0.321 e. The highest BCUT2D eigenvalue weighted by atomic mass is 127. The lowest BCUT2D eigenvalue weighted by Crippen LogP contribution is -2.13. The zero-order chi connectivity index (χ0) is 14.0. The van der Waals surface area contributed by atoms with Crippen LogP contribution in [0, 0.1) is 15.2 Å². The van der Waals surface area contributed by atoms with Crippen LogP contribution < -0.4 is 5.32 Å². The summed E-state index contributed by atoms with van der Waals surface area (Å²) < 4.78 is 26.7. The Morgan fingerprint density at radius 1 is 1.16 bits per heavy atom. The van der Waals surface area contributed by atoms with Crippen molar-refractivity contribution in [1.82, 2.24) is 0 Å². The monoisotopic (exact) mass is 393 g/mol. The maximum Gasteiger partial charge on any atom is 0.255 e. The van der Waals surface area contributed by atoms with Gasteiger partial charge < -0.3 is 5.32 Å². The predicted molar refractivity (Wildman–Crippen MR) is 78.5 cm³/mol. The standard InChI is InChI=1S/C13H7ClF2INO/c14-9-3-1-7(5-10(9)16)13(19)18-12-4-2-8(15)6-11(12)17/h1-6H,(H,18,19). The van der Waals surface area contributed by atoms with E-state index < -0.39 is 11.7 Å². The number of carbonyl (C=O) groups is 1. The Morgan fingerprint density at radius 2 is 1.89 bits per heavy atom. The number of anilines is 1. The van der Waals surface area contributed by atoms with Gasteiger partial charge in [0.15, 0.2) is 0 Å². The molecule has 0 saturated carbocycles. The number of hydrogen-bond acceptors (Lipinski definition) is 1. The zero-order valence-corrected chi connectivity index (χ0v) is 12.3. The topological polar surface area (TPSA) is 29.1 Å². The van der Waals surface area contributed by atoms with Gasteiger partial charge in [-0.15, -0.1) is 0 Å². The fraction of sp³-hybridized carbons (Fsp3) is 0. The van der Waals surface area contributed by atoms with Gasteiger partial charge in [-0.05, 0) is 59.0 Å². The van der Waals surface area contributed by atoms with E-state index in [1.807, 2.05) is 22.6 Å². The molecular formula is C13H7ClF2INO. The predicted octanol–water partition coefficient (Wildman–Crippen LogP) is 4.48. The number of benzene rings is 2. The highest BCUT2D eigenvalue weighted by molar-refractivity contribution is 14.1. The second-order valence-corrected chi connectivity index (χ2v) is 5.28. The molecule has 0 aliphatic rings. The molecule has 1 N–H and O–H groups in total. The van der Waals surface area contributed by atoms with Gasteiger partial charge in [0, 0.05) is 9.13 Å². The van der Waals surface area contributed by atoms with Gasteiger partial charge >= 0.3 is 0 Å². The van der Waals surface area contributed by atoms with Crippen molar-refractivity contribution in [1.29, 1.82) is 0 Å². The lowest BCUT2D eigenvalue weighted by atomic mass is 10.2. The number of hydrogen-bond donors (Lipinski definition) is 1. The van der Waals surface area contributed by atoms with Gasteiger partial charge in [0.25, 0.3) is 5.91 Å².